The Labute approximate surface area is 151 Å². The number of nitrogens with zero attached hydrogens (tertiary/aromatic N) is 2. The van der Waals surface area contributed by atoms with Crippen molar-refractivity contribution in [3.05, 3.63) is 11.6 Å². The molecule has 0 radical (unpaired) electrons. The normalized spacial score (nSPS) is 27.1. The molecule has 2 N–H and O–H groups in total. The van der Waals surface area contributed by atoms with E-state index in [1.54, 1.807) is 0 Å². The fourth-order valence-electron chi connectivity index (χ4n) is 4.38. The first kappa shape index (κ1) is 18.2. The van der Waals surface area contributed by atoms with E-state index >= 15 is 0 Å². The van der Waals surface area contributed by atoms with Gasteiger partial charge in [-0.05, 0) is 52.4 Å². The Hall–Kier alpha value is -1.56. The SMILES string of the molecule is CC(C)N1C(=O)N[C@@H]2CN(CC(=O)NCCC3=CCCCC3)CC[C@@H]21. The molecule has 0 bridgehead atoms. The Bertz CT molecular complexity index is 532. The van der Waals surface area contributed by atoms with Gasteiger partial charge in [-0.1, -0.05) is 11.6 Å². The lowest BCUT2D eigenvalue weighted by Crippen LogP contribution is -2.54. The fourth-order valence-corrected chi connectivity index (χ4v) is 4.38. The van der Waals surface area contributed by atoms with E-state index in [-0.39, 0.29) is 30.1 Å². The highest BCUT2D eigenvalue weighted by atomic mass is 16.2. The number of carbonyl (C=O) groups is 2. The standard InChI is InChI=1S/C19H32N4O2/c1-14(2)23-17-9-11-22(12-16(17)21-19(23)25)13-18(24)20-10-8-15-6-4-3-5-7-15/h6,14,16-17H,3-5,7-13H2,1-2H3,(H,20,24)(H,21,25)/t16-,17+/m1/s1. The number of likely N-dealkylation sites (tertiary alicyclic amines) is 1. The van der Waals surface area contributed by atoms with E-state index in [0.29, 0.717) is 6.54 Å². The van der Waals surface area contributed by atoms with Crippen molar-refractivity contribution in [2.24, 2.45) is 0 Å². The summed E-state index contributed by atoms with van der Waals surface area (Å²) in [5, 5.41) is 6.14. The minimum atomic E-state index is 0.0389. The van der Waals surface area contributed by atoms with Crippen molar-refractivity contribution in [1.82, 2.24) is 20.4 Å². The second kappa shape index (κ2) is 8.21. The van der Waals surface area contributed by atoms with Crippen molar-refractivity contribution in [2.45, 2.75) is 70.5 Å². The van der Waals surface area contributed by atoms with Crippen molar-refractivity contribution in [3.63, 3.8) is 0 Å². The first-order valence-electron chi connectivity index (χ1n) is 9.80. The second-order valence-electron chi connectivity index (χ2n) is 7.86. The van der Waals surface area contributed by atoms with Gasteiger partial charge in [0.1, 0.15) is 0 Å². The molecule has 2 saturated heterocycles. The van der Waals surface area contributed by atoms with Crippen LogP contribution in [0.5, 0.6) is 0 Å². The second-order valence-corrected chi connectivity index (χ2v) is 7.86. The predicted octanol–water partition coefficient (Wildman–Crippen LogP) is 1.87. The first-order chi connectivity index (χ1) is 12.0. The van der Waals surface area contributed by atoms with Gasteiger partial charge in [-0.15, -0.1) is 0 Å². The van der Waals surface area contributed by atoms with E-state index in [2.05, 4.69) is 35.5 Å². The topological polar surface area (TPSA) is 64.7 Å². The van der Waals surface area contributed by atoms with Crippen molar-refractivity contribution in [1.29, 1.82) is 0 Å². The number of amides is 3. The molecule has 6 nitrogen and oxygen atoms in total. The molecule has 0 aromatic rings. The number of nitrogens with one attached hydrogen (secondary N) is 2. The van der Waals surface area contributed by atoms with E-state index in [9.17, 15) is 9.59 Å². The van der Waals surface area contributed by atoms with E-state index in [0.717, 1.165) is 32.5 Å². The van der Waals surface area contributed by atoms with Crippen LogP contribution in [0.1, 0.15) is 52.4 Å². The molecule has 3 aliphatic rings. The minimum Gasteiger partial charge on any atom is -0.355 e. The van der Waals surface area contributed by atoms with Crippen LogP contribution in [0.2, 0.25) is 0 Å². The van der Waals surface area contributed by atoms with Crippen LogP contribution in [-0.2, 0) is 4.79 Å². The maximum Gasteiger partial charge on any atom is 0.318 e. The Kier molecular flexibility index (Phi) is 5.99. The van der Waals surface area contributed by atoms with Gasteiger partial charge >= 0.3 is 6.03 Å². The van der Waals surface area contributed by atoms with Crippen LogP contribution in [0.4, 0.5) is 4.79 Å². The lowest BCUT2D eigenvalue weighted by Gasteiger charge is -2.37. The number of hydrogen-bond acceptors (Lipinski definition) is 3. The van der Waals surface area contributed by atoms with Crippen molar-refractivity contribution < 1.29 is 9.59 Å². The van der Waals surface area contributed by atoms with E-state index in [1.807, 2.05) is 4.90 Å². The average molecular weight is 348 g/mol. The number of urea groups is 1. The van der Waals surface area contributed by atoms with Crippen LogP contribution in [0.3, 0.4) is 0 Å². The van der Waals surface area contributed by atoms with Gasteiger partial charge in [-0.25, -0.2) is 4.79 Å². The van der Waals surface area contributed by atoms with Crippen LogP contribution in [-0.4, -0.2) is 66.0 Å². The molecule has 6 heteroatoms. The van der Waals surface area contributed by atoms with Crippen molar-refractivity contribution >= 4 is 11.9 Å². The van der Waals surface area contributed by atoms with Crippen LogP contribution in [0.25, 0.3) is 0 Å². The van der Waals surface area contributed by atoms with Crippen molar-refractivity contribution in [3.8, 4) is 0 Å². The lowest BCUT2D eigenvalue weighted by molar-refractivity contribution is -0.122. The molecule has 140 valence electrons. The summed E-state index contributed by atoms with van der Waals surface area (Å²) in [7, 11) is 0. The molecule has 3 amide bonds. The number of fused-ring (bicyclic) bond motifs is 1. The third kappa shape index (κ3) is 4.54. The first-order valence-corrected chi connectivity index (χ1v) is 9.80. The number of carbonyl (C=O) groups excluding carboxylic acids is 2. The summed E-state index contributed by atoms with van der Waals surface area (Å²) in [4.78, 5) is 28.5. The molecule has 2 fully saturated rings. The Morgan fingerprint density at radius 1 is 1.40 bits per heavy atom. The highest BCUT2D eigenvalue weighted by Crippen LogP contribution is 2.24. The summed E-state index contributed by atoms with van der Waals surface area (Å²) in [6.45, 7) is 6.92. The number of hydrogen-bond donors (Lipinski definition) is 2. The Balaban J connectivity index is 1.40. The Morgan fingerprint density at radius 3 is 2.96 bits per heavy atom. The van der Waals surface area contributed by atoms with Gasteiger partial charge in [0, 0.05) is 25.7 Å². The summed E-state index contributed by atoms with van der Waals surface area (Å²) in [6.07, 6.45) is 9.23. The maximum absolute atomic E-state index is 12.2. The summed E-state index contributed by atoms with van der Waals surface area (Å²) < 4.78 is 0. The Morgan fingerprint density at radius 2 is 2.24 bits per heavy atom. The number of rotatable bonds is 6. The van der Waals surface area contributed by atoms with Gasteiger partial charge in [-0.2, -0.15) is 0 Å². The van der Waals surface area contributed by atoms with E-state index in [4.69, 9.17) is 0 Å². The van der Waals surface area contributed by atoms with Gasteiger partial charge < -0.3 is 15.5 Å². The van der Waals surface area contributed by atoms with Gasteiger partial charge in [0.05, 0.1) is 18.6 Å². The molecule has 2 heterocycles. The molecule has 0 aromatic heterocycles. The van der Waals surface area contributed by atoms with E-state index < -0.39 is 0 Å². The molecule has 25 heavy (non-hydrogen) atoms. The number of allylic oxidation sites excluding steroid dienone is 1. The highest BCUT2D eigenvalue weighted by Gasteiger charge is 2.43. The van der Waals surface area contributed by atoms with E-state index in [1.165, 1.54) is 31.3 Å². The largest absolute Gasteiger partial charge is 0.355 e. The fraction of sp³-hybridized carbons (Fsp3) is 0.789. The van der Waals surface area contributed by atoms with Crippen molar-refractivity contribution in [2.75, 3.05) is 26.2 Å². The third-order valence-electron chi connectivity index (χ3n) is 5.64. The van der Waals surface area contributed by atoms with Gasteiger partial charge in [0.25, 0.3) is 0 Å². The zero-order valence-electron chi connectivity index (χ0n) is 15.6. The molecular formula is C19H32N4O2. The molecule has 3 rings (SSSR count). The quantitative estimate of drug-likeness (QED) is 0.720. The molecule has 0 spiro atoms. The van der Waals surface area contributed by atoms with Crippen LogP contribution < -0.4 is 10.6 Å². The van der Waals surface area contributed by atoms with Crippen LogP contribution >= 0.6 is 0 Å². The summed E-state index contributed by atoms with van der Waals surface area (Å²) >= 11 is 0. The van der Waals surface area contributed by atoms with Gasteiger partial charge in [-0.3, -0.25) is 9.69 Å². The minimum absolute atomic E-state index is 0.0389. The molecule has 2 atom stereocenters. The molecule has 0 saturated carbocycles. The molecule has 0 unspecified atom stereocenters. The van der Waals surface area contributed by atoms with Crippen LogP contribution in [0.15, 0.2) is 11.6 Å². The monoisotopic (exact) mass is 348 g/mol. The summed E-state index contributed by atoms with van der Waals surface area (Å²) in [6, 6.07) is 0.671. The van der Waals surface area contributed by atoms with Gasteiger partial charge in [0.2, 0.25) is 5.91 Å². The zero-order chi connectivity index (χ0) is 17.8. The molecule has 1 aliphatic carbocycles. The molecular weight excluding hydrogens is 316 g/mol. The smallest absolute Gasteiger partial charge is 0.318 e. The molecule has 2 aliphatic heterocycles. The third-order valence-corrected chi connectivity index (χ3v) is 5.64. The summed E-state index contributed by atoms with van der Waals surface area (Å²) in [5.74, 6) is 0.0971. The van der Waals surface area contributed by atoms with Crippen LogP contribution in [0, 0.1) is 0 Å². The predicted molar refractivity (Wildman–Crippen MR) is 98.3 cm³/mol. The lowest BCUT2D eigenvalue weighted by atomic mass is 9.97. The van der Waals surface area contributed by atoms with Gasteiger partial charge in [0.15, 0.2) is 0 Å². The highest BCUT2D eigenvalue weighted by molar-refractivity contribution is 5.79. The number of piperidine rings is 1. The average Bonchev–Trinajstić information content (AvgIpc) is 2.91. The molecule has 0 aromatic carbocycles. The maximum atomic E-state index is 12.2. The summed E-state index contributed by atoms with van der Waals surface area (Å²) in [5.41, 5.74) is 1.50. The zero-order valence-corrected chi connectivity index (χ0v) is 15.6.